The minimum Gasteiger partial charge on any atom is -0.428 e. The van der Waals surface area contributed by atoms with E-state index in [1.54, 1.807) is 37.3 Å². The molecule has 0 aliphatic carbocycles. The second-order valence-electron chi connectivity index (χ2n) is 4.94. The molecule has 1 unspecified atom stereocenters. The van der Waals surface area contributed by atoms with E-state index in [1.807, 2.05) is 6.92 Å². The number of hydrogen-bond donors (Lipinski definition) is 1. The van der Waals surface area contributed by atoms with E-state index in [0.717, 1.165) is 0 Å². The van der Waals surface area contributed by atoms with Crippen molar-refractivity contribution in [3.8, 4) is 12.3 Å². The Labute approximate surface area is 118 Å². The lowest BCUT2D eigenvalue weighted by atomic mass is 9.87. The van der Waals surface area contributed by atoms with E-state index in [2.05, 4.69) is 5.92 Å². The van der Waals surface area contributed by atoms with Gasteiger partial charge in [0, 0.05) is 5.92 Å². The Balaban J connectivity index is 2.17. The number of ether oxygens (including phenoxy) is 2. The Morgan fingerprint density at radius 2 is 2.15 bits per heavy atom. The molecule has 1 fully saturated rings. The Bertz CT molecular complexity index is 519. The predicted molar refractivity (Wildman–Crippen MR) is 73.8 cm³/mol. The summed E-state index contributed by atoms with van der Waals surface area (Å²) in [6.07, 6.45) is 4.72. The highest BCUT2D eigenvalue weighted by Gasteiger charge is 2.54. The maximum absolute atomic E-state index is 12.0. The molecule has 1 N–H and O–H groups in total. The molecule has 4 atom stereocenters. The molecule has 4 nitrogen and oxygen atoms in total. The minimum absolute atomic E-state index is 0.232. The van der Waals surface area contributed by atoms with Crippen molar-refractivity contribution in [3.05, 3.63) is 35.9 Å². The van der Waals surface area contributed by atoms with Crippen LogP contribution in [0.5, 0.6) is 0 Å². The van der Waals surface area contributed by atoms with E-state index in [1.165, 1.54) is 0 Å². The van der Waals surface area contributed by atoms with Gasteiger partial charge in [0.05, 0.1) is 11.7 Å². The van der Waals surface area contributed by atoms with Crippen LogP contribution in [-0.4, -0.2) is 29.1 Å². The fraction of sp³-hybridized carbons (Fsp3) is 0.438. The third-order valence-corrected chi connectivity index (χ3v) is 3.77. The van der Waals surface area contributed by atoms with Crippen LogP contribution in [0.25, 0.3) is 0 Å². The maximum Gasteiger partial charge on any atom is 0.340 e. The number of terminal acetylenes is 1. The lowest BCUT2D eigenvalue weighted by Gasteiger charge is -2.25. The molecule has 4 heteroatoms. The lowest BCUT2D eigenvalue weighted by molar-refractivity contribution is -0.154. The summed E-state index contributed by atoms with van der Waals surface area (Å²) in [5, 5.41) is 10.5. The topological polar surface area (TPSA) is 55.8 Å². The molecule has 0 bridgehead atoms. The summed E-state index contributed by atoms with van der Waals surface area (Å²) in [6.45, 7) is 3.73. The van der Waals surface area contributed by atoms with Gasteiger partial charge in [0.15, 0.2) is 5.60 Å². The van der Waals surface area contributed by atoms with Gasteiger partial charge in [-0.25, -0.2) is 4.79 Å². The molecule has 2 rings (SSSR count). The van der Waals surface area contributed by atoms with Crippen molar-refractivity contribution < 1.29 is 19.4 Å². The van der Waals surface area contributed by atoms with Crippen molar-refractivity contribution in [2.75, 3.05) is 0 Å². The number of carbonyl (C=O) groups excluding carboxylic acids is 1. The molecule has 1 saturated heterocycles. The molecule has 1 aromatic carbocycles. The maximum atomic E-state index is 12.0. The van der Waals surface area contributed by atoms with Crippen LogP contribution >= 0.6 is 0 Å². The van der Waals surface area contributed by atoms with Gasteiger partial charge in [0.1, 0.15) is 0 Å². The summed E-state index contributed by atoms with van der Waals surface area (Å²) in [5.41, 5.74) is -1.20. The summed E-state index contributed by atoms with van der Waals surface area (Å²) in [7, 11) is 0. The highest BCUT2D eigenvalue weighted by atomic mass is 16.7. The van der Waals surface area contributed by atoms with E-state index < -0.39 is 17.9 Å². The molecule has 0 saturated carbocycles. The van der Waals surface area contributed by atoms with Gasteiger partial charge in [-0.2, -0.15) is 0 Å². The number of carbonyl (C=O) groups is 1. The van der Waals surface area contributed by atoms with Crippen LogP contribution < -0.4 is 0 Å². The molecule has 106 valence electrons. The normalized spacial score (nSPS) is 32.6. The summed E-state index contributed by atoms with van der Waals surface area (Å²) in [4.78, 5) is 12.0. The fourth-order valence-corrected chi connectivity index (χ4v) is 2.38. The predicted octanol–water partition coefficient (Wildman–Crippen LogP) is 1.98. The van der Waals surface area contributed by atoms with E-state index in [0.29, 0.717) is 12.0 Å². The van der Waals surface area contributed by atoms with Crippen molar-refractivity contribution in [2.45, 2.75) is 38.3 Å². The Hall–Kier alpha value is -1.83. The minimum atomic E-state index is -1.59. The molecule has 1 heterocycles. The first-order chi connectivity index (χ1) is 9.52. The quantitative estimate of drug-likeness (QED) is 0.676. The van der Waals surface area contributed by atoms with Crippen LogP contribution in [0.4, 0.5) is 0 Å². The van der Waals surface area contributed by atoms with Crippen molar-refractivity contribution >= 4 is 5.97 Å². The van der Waals surface area contributed by atoms with E-state index in [9.17, 15) is 9.90 Å². The Morgan fingerprint density at radius 1 is 1.50 bits per heavy atom. The molecule has 1 aliphatic heterocycles. The van der Waals surface area contributed by atoms with Crippen LogP contribution in [0.1, 0.15) is 30.6 Å². The summed E-state index contributed by atoms with van der Waals surface area (Å²) >= 11 is 0. The van der Waals surface area contributed by atoms with Gasteiger partial charge >= 0.3 is 5.97 Å². The average molecular weight is 274 g/mol. The third-order valence-electron chi connectivity index (χ3n) is 3.77. The van der Waals surface area contributed by atoms with E-state index in [4.69, 9.17) is 15.9 Å². The molecular weight excluding hydrogens is 256 g/mol. The molecule has 0 aromatic heterocycles. The first-order valence-corrected chi connectivity index (χ1v) is 6.64. The molecule has 0 spiro atoms. The number of hydrogen-bond acceptors (Lipinski definition) is 4. The molecule has 0 amide bonds. The largest absolute Gasteiger partial charge is 0.428 e. The molecule has 20 heavy (non-hydrogen) atoms. The van der Waals surface area contributed by atoms with Gasteiger partial charge in [0.2, 0.25) is 6.29 Å². The summed E-state index contributed by atoms with van der Waals surface area (Å²) in [5.74, 6) is 1.45. The zero-order chi connectivity index (χ0) is 14.8. The van der Waals surface area contributed by atoms with Gasteiger partial charge in [-0.15, -0.1) is 6.42 Å². The second kappa shape index (κ2) is 5.66. The first-order valence-electron chi connectivity index (χ1n) is 6.64. The van der Waals surface area contributed by atoms with Gasteiger partial charge in [-0.3, -0.25) is 0 Å². The molecule has 1 aromatic rings. The van der Waals surface area contributed by atoms with Crippen LogP contribution in [0.3, 0.4) is 0 Å². The van der Waals surface area contributed by atoms with Crippen molar-refractivity contribution in [3.63, 3.8) is 0 Å². The van der Waals surface area contributed by atoms with Crippen LogP contribution in [-0.2, 0) is 9.47 Å². The van der Waals surface area contributed by atoms with Gasteiger partial charge in [-0.1, -0.05) is 38.0 Å². The zero-order valence-electron chi connectivity index (χ0n) is 11.6. The van der Waals surface area contributed by atoms with Gasteiger partial charge in [0.25, 0.3) is 0 Å². The van der Waals surface area contributed by atoms with Gasteiger partial charge in [-0.05, 0) is 18.6 Å². The Morgan fingerprint density at radius 3 is 2.70 bits per heavy atom. The summed E-state index contributed by atoms with van der Waals surface area (Å²) in [6, 6.07) is 8.53. The lowest BCUT2D eigenvalue weighted by Crippen LogP contribution is -2.44. The highest BCUT2D eigenvalue weighted by molar-refractivity contribution is 5.89. The van der Waals surface area contributed by atoms with E-state index >= 15 is 0 Å². The Kier molecular flexibility index (Phi) is 4.12. The number of esters is 1. The fourth-order valence-electron chi connectivity index (χ4n) is 2.38. The zero-order valence-corrected chi connectivity index (χ0v) is 11.6. The average Bonchev–Trinajstić information content (AvgIpc) is 2.73. The monoisotopic (exact) mass is 274 g/mol. The van der Waals surface area contributed by atoms with Crippen molar-refractivity contribution in [1.82, 2.24) is 0 Å². The van der Waals surface area contributed by atoms with Gasteiger partial charge < -0.3 is 14.6 Å². The van der Waals surface area contributed by atoms with Crippen LogP contribution in [0.2, 0.25) is 0 Å². The van der Waals surface area contributed by atoms with Crippen LogP contribution in [0, 0.1) is 18.3 Å². The third kappa shape index (κ3) is 2.43. The second-order valence-corrected chi connectivity index (χ2v) is 4.94. The smallest absolute Gasteiger partial charge is 0.340 e. The van der Waals surface area contributed by atoms with E-state index in [-0.39, 0.29) is 12.0 Å². The standard InChI is InChI=1S/C16H18O4/c1-4-13-11(3)16(18,5-2)15(19-13)20-14(17)12-9-7-6-8-10-12/h2,6-11,13,15,18H,4H2,1,3H3/t11-,13-,15?,16-/m1/s1. The number of aliphatic hydroxyl groups is 1. The first kappa shape index (κ1) is 14.6. The molecule has 1 aliphatic rings. The molecular formula is C16H18O4. The van der Waals surface area contributed by atoms with Crippen molar-refractivity contribution in [1.29, 1.82) is 0 Å². The van der Waals surface area contributed by atoms with Crippen molar-refractivity contribution in [2.24, 2.45) is 5.92 Å². The van der Waals surface area contributed by atoms with Crippen LogP contribution in [0.15, 0.2) is 30.3 Å². The summed E-state index contributed by atoms with van der Waals surface area (Å²) < 4.78 is 10.8. The molecule has 0 radical (unpaired) electrons. The number of rotatable bonds is 3. The number of benzene rings is 1. The highest BCUT2D eigenvalue weighted by Crippen LogP contribution is 2.38. The SMILES string of the molecule is C#C[C@]1(O)C(OC(=O)c2ccccc2)O[C@H](CC)[C@H]1C.